The van der Waals surface area contributed by atoms with Gasteiger partial charge in [-0.25, -0.2) is 4.98 Å². The van der Waals surface area contributed by atoms with Gasteiger partial charge in [0.2, 0.25) is 0 Å². The monoisotopic (exact) mass is 214 g/mol. The van der Waals surface area contributed by atoms with Gasteiger partial charge in [0.05, 0.1) is 5.01 Å². The van der Waals surface area contributed by atoms with Gasteiger partial charge in [0.15, 0.2) is 0 Å². The van der Waals surface area contributed by atoms with Gasteiger partial charge in [0.25, 0.3) is 0 Å². The summed E-state index contributed by atoms with van der Waals surface area (Å²) in [5.41, 5.74) is 5.54. The third-order valence-electron chi connectivity index (χ3n) is 2.29. The predicted molar refractivity (Wildman–Crippen MR) is 59.1 cm³/mol. The summed E-state index contributed by atoms with van der Waals surface area (Å²) in [5.74, 6) is 3.51. The van der Waals surface area contributed by atoms with E-state index in [1.165, 1.54) is 27.8 Å². The van der Waals surface area contributed by atoms with Crippen LogP contribution in [0, 0.1) is 5.92 Å². The molecule has 2 N–H and O–H groups in total. The molecule has 0 aromatic carbocycles. The Morgan fingerprint density at radius 2 is 2.54 bits per heavy atom. The second kappa shape index (κ2) is 4.44. The first kappa shape index (κ1) is 9.49. The van der Waals surface area contributed by atoms with Crippen molar-refractivity contribution >= 4 is 23.1 Å². The SMILES string of the molecule is NCc1cnc(CC2CCSC2)s1. The van der Waals surface area contributed by atoms with Crippen molar-refractivity contribution < 1.29 is 0 Å². The van der Waals surface area contributed by atoms with E-state index in [1.54, 1.807) is 11.3 Å². The second-order valence-corrected chi connectivity index (χ2v) is 5.71. The van der Waals surface area contributed by atoms with Crippen molar-refractivity contribution in [2.45, 2.75) is 19.4 Å². The van der Waals surface area contributed by atoms with Crippen LogP contribution in [0.4, 0.5) is 0 Å². The van der Waals surface area contributed by atoms with Gasteiger partial charge in [-0.2, -0.15) is 11.8 Å². The van der Waals surface area contributed by atoms with Crippen LogP contribution in [0.3, 0.4) is 0 Å². The maximum Gasteiger partial charge on any atom is 0.0931 e. The van der Waals surface area contributed by atoms with Crippen molar-refractivity contribution in [3.63, 3.8) is 0 Å². The van der Waals surface area contributed by atoms with Crippen LogP contribution in [0.15, 0.2) is 6.20 Å². The van der Waals surface area contributed by atoms with Gasteiger partial charge in [-0.1, -0.05) is 0 Å². The van der Waals surface area contributed by atoms with E-state index in [2.05, 4.69) is 16.7 Å². The molecule has 0 radical (unpaired) electrons. The molecule has 1 atom stereocenters. The van der Waals surface area contributed by atoms with Crippen LogP contribution in [0.5, 0.6) is 0 Å². The zero-order valence-electron chi connectivity index (χ0n) is 7.53. The molecule has 2 rings (SSSR count). The molecule has 1 aromatic heterocycles. The van der Waals surface area contributed by atoms with Crippen LogP contribution in [0.25, 0.3) is 0 Å². The smallest absolute Gasteiger partial charge is 0.0931 e. The first-order valence-electron chi connectivity index (χ1n) is 4.60. The Morgan fingerprint density at radius 3 is 3.15 bits per heavy atom. The number of rotatable bonds is 3. The Labute approximate surface area is 86.9 Å². The Bertz CT molecular complexity index is 266. The van der Waals surface area contributed by atoms with Gasteiger partial charge in [-0.3, -0.25) is 0 Å². The van der Waals surface area contributed by atoms with E-state index in [0.717, 1.165) is 12.3 Å². The molecule has 0 amide bonds. The Kier molecular flexibility index (Phi) is 3.24. The highest BCUT2D eigenvalue weighted by Crippen LogP contribution is 2.27. The molecule has 1 unspecified atom stereocenters. The highest BCUT2D eigenvalue weighted by Gasteiger charge is 2.17. The van der Waals surface area contributed by atoms with Gasteiger partial charge in [0.1, 0.15) is 0 Å². The molecule has 0 spiro atoms. The van der Waals surface area contributed by atoms with Gasteiger partial charge in [-0.15, -0.1) is 11.3 Å². The fourth-order valence-electron chi connectivity index (χ4n) is 1.53. The number of thioether (sulfide) groups is 1. The third kappa shape index (κ3) is 2.45. The summed E-state index contributed by atoms with van der Waals surface area (Å²) >= 11 is 3.84. The van der Waals surface area contributed by atoms with Crippen molar-refractivity contribution in [2.75, 3.05) is 11.5 Å². The van der Waals surface area contributed by atoms with Crippen LogP contribution in [-0.2, 0) is 13.0 Å². The number of nitrogens with zero attached hydrogens (tertiary/aromatic N) is 1. The highest BCUT2D eigenvalue weighted by atomic mass is 32.2. The molecule has 1 saturated heterocycles. The zero-order valence-corrected chi connectivity index (χ0v) is 9.16. The second-order valence-electron chi connectivity index (χ2n) is 3.36. The van der Waals surface area contributed by atoms with Crippen molar-refractivity contribution in [1.29, 1.82) is 0 Å². The zero-order chi connectivity index (χ0) is 9.10. The Balaban J connectivity index is 1.92. The predicted octanol–water partition coefficient (Wildman–Crippen LogP) is 1.90. The number of nitrogens with two attached hydrogens (primary N) is 1. The summed E-state index contributed by atoms with van der Waals surface area (Å²) < 4.78 is 0. The molecule has 2 nitrogen and oxygen atoms in total. The van der Waals surface area contributed by atoms with Gasteiger partial charge in [-0.05, 0) is 23.8 Å². The fourth-order valence-corrected chi connectivity index (χ4v) is 3.73. The van der Waals surface area contributed by atoms with Crippen LogP contribution in [-0.4, -0.2) is 16.5 Å². The minimum Gasteiger partial charge on any atom is -0.326 e. The number of hydrogen-bond acceptors (Lipinski definition) is 4. The molecule has 1 aliphatic heterocycles. The van der Waals surface area contributed by atoms with Crippen molar-refractivity contribution in [3.8, 4) is 0 Å². The average Bonchev–Trinajstić information content (AvgIpc) is 2.76. The maximum atomic E-state index is 5.54. The molecule has 72 valence electrons. The van der Waals surface area contributed by atoms with Crippen molar-refractivity contribution in [2.24, 2.45) is 11.7 Å². The van der Waals surface area contributed by atoms with E-state index in [0.29, 0.717) is 6.54 Å². The lowest BCUT2D eigenvalue weighted by Gasteiger charge is -2.03. The summed E-state index contributed by atoms with van der Waals surface area (Å²) in [4.78, 5) is 5.59. The van der Waals surface area contributed by atoms with E-state index in [9.17, 15) is 0 Å². The summed E-state index contributed by atoms with van der Waals surface area (Å²) in [6.07, 6.45) is 4.45. The molecule has 2 heterocycles. The third-order valence-corrected chi connectivity index (χ3v) is 4.56. The van der Waals surface area contributed by atoms with E-state index >= 15 is 0 Å². The van der Waals surface area contributed by atoms with Crippen molar-refractivity contribution in [1.82, 2.24) is 4.98 Å². The van der Waals surface area contributed by atoms with Crippen molar-refractivity contribution in [3.05, 3.63) is 16.1 Å². The number of aromatic nitrogens is 1. The lowest BCUT2D eigenvalue weighted by Crippen LogP contribution is -2.01. The number of hydrogen-bond donors (Lipinski definition) is 1. The molecular weight excluding hydrogens is 200 g/mol. The summed E-state index contributed by atoms with van der Waals surface area (Å²) in [7, 11) is 0. The average molecular weight is 214 g/mol. The highest BCUT2D eigenvalue weighted by molar-refractivity contribution is 7.99. The molecule has 0 aliphatic carbocycles. The molecule has 1 aromatic rings. The minimum atomic E-state index is 0.636. The van der Waals surface area contributed by atoms with E-state index in [4.69, 9.17) is 5.73 Å². The fraction of sp³-hybridized carbons (Fsp3) is 0.667. The van der Waals surface area contributed by atoms with Gasteiger partial charge < -0.3 is 5.73 Å². The quantitative estimate of drug-likeness (QED) is 0.835. The Hall–Kier alpha value is -0.0600. The van der Waals surface area contributed by atoms with Crippen LogP contribution < -0.4 is 5.73 Å². The van der Waals surface area contributed by atoms with E-state index < -0.39 is 0 Å². The summed E-state index contributed by atoms with van der Waals surface area (Å²) in [6.45, 7) is 0.636. The number of thiazole rings is 1. The summed E-state index contributed by atoms with van der Waals surface area (Å²) in [6, 6.07) is 0. The topological polar surface area (TPSA) is 38.9 Å². The molecule has 1 aliphatic rings. The van der Waals surface area contributed by atoms with Crippen LogP contribution in [0.1, 0.15) is 16.3 Å². The minimum absolute atomic E-state index is 0.636. The maximum absolute atomic E-state index is 5.54. The molecule has 1 fully saturated rings. The van der Waals surface area contributed by atoms with E-state index in [-0.39, 0.29) is 0 Å². The lowest BCUT2D eigenvalue weighted by atomic mass is 10.1. The van der Waals surface area contributed by atoms with E-state index in [1.807, 2.05) is 6.20 Å². The molecular formula is C9H14N2S2. The first-order valence-corrected chi connectivity index (χ1v) is 6.57. The molecule has 13 heavy (non-hydrogen) atoms. The van der Waals surface area contributed by atoms with Crippen LogP contribution >= 0.6 is 23.1 Å². The molecule has 4 heteroatoms. The standard InChI is InChI=1S/C9H14N2S2/c10-4-8-5-11-9(13-8)3-7-1-2-12-6-7/h5,7H,1-4,6,10H2. The Morgan fingerprint density at radius 1 is 1.62 bits per heavy atom. The van der Waals surface area contributed by atoms with Gasteiger partial charge in [0, 0.05) is 24.0 Å². The summed E-state index contributed by atoms with van der Waals surface area (Å²) in [5, 5.41) is 1.27. The van der Waals surface area contributed by atoms with Gasteiger partial charge >= 0.3 is 0 Å². The lowest BCUT2D eigenvalue weighted by molar-refractivity contribution is 0.594. The normalized spacial score (nSPS) is 22.4. The molecule has 0 bridgehead atoms. The first-order chi connectivity index (χ1) is 6.38. The van der Waals surface area contributed by atoms with Crippen LogP contribution in [0.2, 0.25) is 0 Å². The largest absolute Gasteiger partial charge is 0.326 e. The molecule has 0 saturated carbocycles.